The largest absolute Gasteiger partial charge is 0.508 e. The van der Waals surface area contributed by atoms with Crippen LogP contribution >= 0.6 is 81.2 Å². The van der Waals surface area contributed by atoms with Crippen molar-refractivity contribution in [3.8, 4) is 145 Å². The van der Waals surface area contributed by atoms with Gasteiger partial charge in [0.15, 0.2) is 35.6 Å². The summed E-state index contributed by atoms with van der Waals surface area (Å²) in [6, 6.07) is 70.8. The minimum absolute atomic E-state index is 0.0707. The zero-order valence-corrected chi connectivity index (χ0v) is 87.0. The molecule has 15 aromatic rings. The number of phenolic OH excluding ortho intramolecular Hbond substituents is 1. The monoisotopic (exact) mass is 2170 g/mol. The fourth-order valence-electron chi connectivity index (χ4n) is 14.2. The number of nitrogens with two attached hydrogens (primary N) is 1. The molecule has 0 spiro atoms. The number of nitrogens with zero attached hydrogens (tertiary/aromatic N) is 11. The first-order chi connectivity index (χ1) is 73.1. The maximum atomic E-state index is 9.52. The van der Waals surface area contributed by atoms with Crippen LogP contribution in [0.1, 0.15) is 124 Å². The van der Waals surface area contributed by atoms with E-state index in [4.69, 9.17) is 211 Å². The Morgan fingerprint density at radius 3 is 0.893 bits per heavy atom. The average molecular weight is 2180 g/mol. The molecule has 8 heterocycles. The second kappa shape index (κ2) is 59.5. The number of nitriles is 5. The molecule has 2 unspecified atom stereocenters. The van der Waals surface area contributed by atoms with Crippen LogP contribution < -0.4 is 48.5 Å². The number of halogens is 7. The third kappa shape index (κ3) is 33.4. The maximum absolute atomic E-state index is 9.52. The number of alkyl halides is 2. The molecule has 5 aromatic heterocycles. The molecule has 0 saturated carbocycles. The highest BCUT2D eigenvalue weighted by Crippen LogP contribution is 2.37. The summed E-state index contributed by atoms with van der Waals surface area (Å²) in [5.41, 5.74) is 9.24. The van der Waals surface area contributed by atoms with E-state index in [9.17, 15) is 5.11 Å². The molecule has 0 amide bonds. The number of morpholine rings is 1. The first kappa shape index (κ1) is 114. The molecule has 34 nitrogen and oxygen atoms in total. The Labute approximate surface area is 899 Å². The number of hydrogen-bond donors (Lipinski definition) is 4. The molecule has 3 fully saturated rings. The summed E-state index contributed by atoms with van der Waals surface area (Å²) < 4.78 is 107. The normalized spacial score (nSPS) is 13.3. The highest BCUT2D eigenvalue weighted by atomic mass is 35.5. The van der Waals surface area contributed by atoms with Crippen LogP contribution in [0.15, 0.2) is 234 Å². The third-order valence-corrected chi connectivity index (χ3v) is 24.4. The van der Waals surface area contributed by atoms with Crippen molar-refractivity contribution >= 4 is 81.2 Å². The van der Waals surface area contributed by atoms with Crippen molar-refractivity contribution in [2.24, 2.45) is 5.90 Å². The van der Waals surface area contributed by atoms with Gasteiger partial charge >= 0.3 is 0 Å². The van der Waals surface area contributed by atoms with Crippen molar-refractivity contribution in [3.63, 3.8) is 0 Å². The molecule has 41 heteroatoms. The molecule has 0 bridgehead atoms. The Morgan fingerprint density at radius 1 is 0.333 bits per heavy atom. The van der Waals surface area contributed by atoms with Crippen LogP contribution in [0.2, 0.25) is 25.1 Å². The van der Waals surface area contributed by atoms with Crippen molar-refractivity contribution in [1.29, 1.82) is 26.3 Å². The number of oxazole rings is 5. The maximum Gasteiger partial charge on any atom is 0.226 e. The molecule has 778 valence electrons. The quantitative estimate of drug-likeness (QED) is 0.0219. The lowest BCUT2D eigenvalue weighted by atomic mass is 10.2. The molecular weight excluding hydrogens is 2080 g/mol. The summed E-state index contributed by atoms with van der Waals surface area (Å²) in [7, 11) is 8.08. The zero-order valence-electron chi connectivity index (χ0n) is 81.7. The van der Waals surface area contributed by atoms with E-state index in [2.05, 4.69) is 30.7 Å². The van der Waals surface area contributed by atoms with Gasteiger partial charge in [-0.2, -0.15) is 26.3 Å². The Morgan fingerprint density at radius 2 is 0.607 bits per heavy atom. The zero-order chi connectivity index (χ0) is 107. The van der Waals surface area contributed by atoms with Gasteiger partial charge in [0, 0.05) is 84.9 Å². The van der Waals surface area contributed by atoms with Crippen LogP contribution in [0, 0.1) is 56.7 Å². The highest BCUT2D eigenvalue weighted by Gasteiger charge is 2.27. The number of rotatable bonds is 33. The molecule has 3 aliphatic heterocycles. The van der Waals surface area contributed by atoms with Crippen molar-refractivity contribution in [1.82, 2.24) is 29.8 Å². The molecule has 0 radical (unpaired) electrons. The Kier molecular flexibility index (Phi) is 45.3. The second-order valence-corrected chi connectivity index (χ2v) is 34.6. The number of aliphatic hydroxyl groups excluding tert-OH is 1. The minimum Gasteiger partial charge on any atom is -0.508 e. The van der Waals surface area contributed by atoms with Crippen LogP contribution in [-0.2, 0) is 88.2 Å². The number of hydrogen-bond acceptors (Lipinski definition) is 34. The summed E-state index contributed by atoms with van der Waals surface area (Å²) in [6.07, 6.45) is 5.73. The number of benzene rings is 10. The summed E-state index contributed by atoms with van der Waals surface area (Å²) in [4.78, 5) is 24.9. The standard InChI is InChI=1S/C24H23ClN2O5.C23H22ClN3O4.C19H14Cl2N2O3.C19H15ClN2O4.C17H20ClNO4.C7H4ClNO.H3NO/c1-28-18-8-5-16(6-9-18)24-27-21(14-31-23-4-2-3-11-29-23)22(32-24)15-30-19-10-7-17(13-26)20(25)12-19;1-28-18-5-2-16(3-6-18)23-26-21(14-27-8-10-29-11-9-27)22(31-23)15-30-19-7-4-17(13-25)20(24)12-19;1-24-14-5-2-12(3-6-14)19-23-17(9-20)18(26-19)11-25-15-7-4-13(10-22)16(21)8-15;1-24-14-5-2-12(3-6-14)19-22-17(10-23)18(26-19)11-25-15-7-4-13(9-21)16(20)8-15;1-20-13-7-5-12(6-8-13)17-19-14(15(10-18)23-17)11-22-16-4-2-3-9-21-16;8-7-3-6(10)2-1-5(7)4-9;1-2/h5-10,12,23H,2-4,11,14-15H2,1H3;2-7,12H,8-11,14-15H2,1H3;2-8H,9,11H2,1H3;2-8,23H,10-11H2,1H3;5-8,16H,2-4,9-11H2,1H3;1-3,10H;2H,1H2. The van der Waals surface area contributed by atoms with E-state index < -0.39 is 0 Å². The van der Waals surface area contributed by atoms with Crippen molar-refractivity contribution in [3.05, 3.63) is 323 Å². The van der Waals surface area contributed by atoms with Gasteiger partial charge in [0.25, 0.3) is 0 Å². The lowest BCUT2D eigenvalue weighted by Crippen LogP contribution is -2.36. The number of aromatic nitrogens is 5. The van der Waals surface area contributed by atoms with Gasteiger partial charge in [-0.15, -0.1) is 23.2 Å². The summed E-state index contributed by atoms with van der Waals surface area (Å²) >= 11 is 41.7. The molecule has 5 N–H and O–H groups in total. The van der Waals surface area contributed by atoms with Crippen LogP contribution in [0.5, 0.6) is 57.5 Å². The number of ether oxygens (including phenoxy) is 14. The van der Waals surface area contributed by atoms with E-state index in [1.54, 1.807) is 120 Å². The van der Waals surface area contributed by atoms with E-state index in [0.717, 1.165) is 126 Å². The highest BCUT2D eigenvalue weighted by molar-refractivity contribution is 6.33. The summed E-state index contributed by atoms with van der Waals surface area (Å²) in [5, 5.41) is 70.7. The number of methoxy groups -OCH3 is 5. The fraction of sp³-hybridized carbons (Fsp3) is 0.266. The number of aliphatic hydroxyl groups is 1. The van der Waals surface area contributed by atoms with Crippen molar-refractivity contribution in [2.45, 2.75) is 116 Å². The lowest BCUT2D eigenvalue weighted by molar-refractivity contribution is -0.169. The molecule has 0 aliphatic carbocycles. The van der Waals surface area contributed by atoms with Gasteiger partial charge in [0.1, 0.15) is 148 Å². The average Bonchev–Trinajstić information content (AvgIpc) is 1.68. The van der Waals surface area contributed by atoms with Crippen molar-refractivity contribution < 1.29 is 104 Å². The molecular formula is C109H101Cl7N12O22. The first-order valence-electron chi connectivity index (χ1n) is 46.2. The van der Waals surface area contributed by atoms with E-state index >= 15 is 0 Å². The molecule has 3 aliphatic rings. The Balaban J connectivity index is 0.000000162. The van der Waals surface area contributed by atoms with Gasteiger partial charge in [0.2, 0.25) is 29.5 Å². The predicted octanol–water partition coefficient (Wildman–Crippen LogP) is 24.3. The second-order valence-electron chi connectivity index (χ2n) is 32.1. The lowest BCUT2D eigenvalue weighted by Gasteiger charge is -2.25. The minimum atomic E-state index is -0.271. The van der Waals surface area contributed by atoms with Crippen LogP contribution in [0.25, 0.3) is 57.3 Å². The molecule has 3 saturated heterocycles. The number of phenols is 1. The van der Waals surface area contributed by atoms with Gasteiger partial charge in [-0.25, -0.2) is 30.8 Å². The van der Waals surface area contributed by atoms with Gasteiger partial charge in [-0.3, -0.25) is 4.90 Å². The van der Waals surface area contributed by atoms with E-state index in [1.165, 1.54) is 18.2 Å². The first-order valence-corrected chi connectivity index (χ1v) is 49.2. The topological polar surface area (TPSA) is 468 Å². The van der Waals surface area contributed by atoms with Gasteiger partial charge in [0.05, 0.1) is 133 Å². The Hall–Kier alpha value is -14.6. The smallest absolute Gasteiger partial charge is 0.226 e. The Bertz CT molecular complexity index is 6910. The molecule has 10 aromatic carbocycles. The fourth-order valence-corrected chi connectivity index (χ4v) is 15.7. The van der Waals surface area contributed by atoms with E-state index in [-0.39, 0.29) is 74.8 Å². The third-order valence-electron chi connectivity index (χ3n) is 22.3. The molecule has 150 heavy (non-hydrogen) atoms. The predicted molar refractivity (Wildman–Crippen MR) is 556 cm³/mol. The number of aromatic hydroxyl groups is 1. The van der Waals surface area contributed by atoms with Gasteiger partial charge in [-0.1, -0.05) is 58.0 Å². The van der Waals surface area contributed by atoms with Crippen LogP contribution in [0.3, 0.4) is 0 Å². The van der Waals surface area contributed by atoms with E-state index in [0.29, 0.717) is 179 Å². The molecule has 18 rings (SSSR count). The molecule has 2 atom stereocenters. The van der Waals surface area contributed by atoms with Gasteiger partial charge in [-0.05, 0) is 227 Å². The van der Waals surface area contributed by atoms with E-state index in [1.807, 2.05) is 140 Å². The summed E-state index contributed by atoms with van der Waals surface area (Å²) in [5.74, 6) is 15.1. The summed E-state index contributed by atoms with van der Waals surface area (Å²) in [6.45, 7) is 6.07. The van der Waals surface area contributed by atoms with Crippen LogP contribution in [0.4, 0.5) is 0 Å². The SMILES string of the molecule is COc1ccc(-c2nc(CCl)c(COc3ccc(C#N)c(Cl)c3)o2)cc1.COc1ccc(-c2nc(CN3CCOCC3)c(COc3ccc(C#N)c(Cl)c3)o2)cc1.COc1ccc(-c2nc(CO)c(COc3ccc(C#N)c(Cl)c3)o2)cc1.COc1ccc(-c2nc(COC3CCCCO3)c(CCl)o2)cc1.COc1ccc(-c2nc(COC3CCCCO3)c(COc3ccc(C#N)c(Cl)c3)o2)cc1.N#Cc1ccc(O)cc1Cl.NO. The van der Waals surface area contributed by atoms with Gasteiger partial charge < -0.3 is 104 Å². The van der Waals surface area contributed by atoms with Crippen molar-refractivity contribution in [2.75, 3.05) is 75.1 Å². The van der Waals surface area contributed by atoms with Crippen LogP contribution in [-0.4, -0.2) is 133 Å².